The van der Waals surface area contributed by atoms with Crippen molar-refractivity contribution in [3.05, 3.63) is 25.6 Å². The van der Waals surface area contributed by atoms with Gasteiger partial charge in [0.1, 0.15) is 0 Å². The summed E-state index contributed by atoms with van der Waals surface area (Å²) >= 11 is 0. The summed E-state index contributed by atoms with van der Waals surface area (Å²) in [5, 5.41) is 18.7. The molecule has 2 atom stereocenters. The maximum absolute atomic E-state index is 9.42. The number of aliphatic hydroxyl groups is 2. The first kappa shape index (κ1) is 15.0. The van der Waals surface area contributed by atoms with Crippen LogP contribution >= 0.6 is 0 Å². The molecule has 0 rings (SSSR count). The van der Waals surface area contributed by atoms with Crippen molar-refractivity contribution in [2.75, 3.05) is 26.3 Å². The second-order valence-corrected chi connectivity index (χ2v) is 3.79. The molecule has 0 spiro atoms. The summed E-state index contributed by atoms with van der Waals surface area (Å²) in [5.41, 5.74) is 5.33. The molecule has 0 amide bonds. The lowest BCUT2D eigenvalue weighted by molar-refractivity contribution is 0.0952. The van der Waals surface area contributed by atoms with E-state index in [1.165, 1.54) is 0 Å². The van der Waals surface area contributed by atoms with Gasteiger partial charge in [0.25, 0.3) is 0 Å². The minimum Gasteiger partial charge on any atom is -0.392 e. The molecule has 4 N–H and O–H groups in total. The third-order valence-corrected chi connectivity index (χ3v) is 2.10. The molecule has 0 fully saturated rings. The lowest BCUT2D eigenvalue weighted by Gasteiger charge is -2.30. The largest absolute Gasteiger partial charge is 0.392 e. The van der Waals surface area contributed by atoms with Gasteiger partial charge < -0.3 is 25.7 Å². The second-order valence-electron chi connectivity index (χ2n) is 3.79. The molecular formula is C11H23N3O2. The summed E-state index contributed by atoms with van der Waals surface area (Å²) in [5.74, 6) is 0. The molecule has 0 aromatic rings. The lowest BCUT2D eigenvalue weighted by Crippen LogP contribution is -2.40. The Morgan fingerprint density at radius 2 is 1.69 bits per heavy atom. The summed E-state index contributed by atoms with van der Waals surface area (Å²) < 4.78 is 0. The predicted molar refractivity (Wildman–Crippen MR) is 65.4 cm³/mol. The predicted octanol–water partition coefficient (Wildman–Crippen LogP) is -0.465. The van der Waals surface area contributed by atoms with Crippen LogP contribution in [0.5, 0.6) is 0 Å². The van der Waals surface area contributed by atoms with Crippen LogP contribution < -0.4 is 5.73 Å². The fourth-order valence-electron chi connectivity index (χ4n) is 1.30. The van der Waals surface area contributed by atoms with Crippen molar-refractivity contribution in [3.63, 3.8) is 0 Å². The normalized spacial score (nSPS) is 14.0. The highest BCUT2D eigenvalue weighted by Gasteiger charge is 2.10. The summed E-state index contributed by atoms with van der Waals surface area (Å²) in [6, 6.07) is 0. The van der Waals surface area contributed by atoms with Gasteiger partial charge in [-0.3, -0.25) is 0 Å². The SMILES string of the molecule is C=CN(CC(C)O)CN(C=C)CC(O)CN. The molecule has 0 aromatic carbocycles. The van der Waals surface area contributed by atoms with Gasteiger partial charge >= 0.3 is 0 Å². The van der Waals surface area contributed by atoms with Crippen LogP contribution in [0, 0.1) is 0 Å². The molecule has 0 saturated heterocycles. The zero-order chi connectivity index (χ0) is 12.6. The van der Waals surface area contributed by atoms with Crippen molar-refractivity contribution < 1.29 is 10.2 Å². The molecule has 5 nitrogen and oxygen atoms in total. The second kappa shape index (κ2) is 8.15. The molecule has 2 unspecified atom stereocenters. The zero-order valence-electron chi connectivity index (χ0n) is 9.92. The summed E-state index contributed by atoms with van der Waals surface area (Å²) in [6.45, 7) is 10.7. The number of nitrogens with two attached hydrogens (primary N) is 1. The van der Waals surface area contributed by atoms with Crippen LogP contribution in [0.25, 0.3) is 0 Å². The summed E-state index contributed by atoms with van der Waals surface area (Å²) in [6.07, 6.45) is 2.29. The van der Waals surface area contributed by atoms with Gasteiger partial charge in [-0.2, -0.15) is 0 Å². The van der Waals surface area contributed by atoms with Crippen LogP contribution in [0.1, 0.15) is 6.92 Å². The highest BCUT2D eigenvalue weighted by molar-refractivity contribution is 4.79. The Morgan fingerprint density at radius 1 is 1.19 bits per heavy atom. The van der Waals surface area contributed by atoms with Crippen LogP contribution in [-0.2, 0) is 0 Å². The molecule has 0 saturated carbocycles. The van der Waals surface area contributed by atoms with Crippen molar-refractivity contribution in [3.8, 4) is 0 Å². The number of hydrogen-bond acceptors (Lipinski definition) is 5. The van der Waals surface area contributed by atoms with Gasteiger partial charge in [-0.1, -0.05) is 13.2 Å². The Kier molecular flexibility index (Phi) is 7.62. The van der Waals surface area contributed by atoms with Crippen LogP contribution in [0.2, 0.25) is 0 Å². The molecule has 16 heavy (non-hydrogen) atoms. The first-order valence-electron chi connectivity index (χ1n) is 5.32. The molecule has 0 aliphatic rings. The minimum absolute atomic E-state index is 0.217. The fraction of sp³-hybridized carbons (Fsp3) is 0.636. The monoisotopic (exact) mass is 229 g/mol. The molecule has 0 aromatic heterocycles. The number of hydrogen-bond donors (Lipinski definition) is 3. The third kappa shape index (κ3) is 6.44. The van der Waals surface area contributed by atoms with Gasteiger partial charge in [-0.25, -0.2) is 0 Å². The number of rotatable bonds is 9. The zero-order valence-corrected chi connectivity index (χ0v) is 9.92. The van der Waals surface area contributed by atoms with E-state index in [1.807, 2.05) is 9.80 Å². The quantitative estimate of drug-likeness (QED) is 0.466. The van der Waals surface area contributed by atoms with Gasteiger partial charge in [0.05, 0.1) is 18.9 Å². The Balaban J connectivity index is 4.16. The van der Waals surface area contributed by atoms with Crippen LogP contribution in [0.3, 0.4) is 0 Å². The van der Waals surface area contributed by atoms with E-state index in [4.69, 9.17) is 5.73 Å². The molecule has 0 bridgehead atoms. The molecule has 0 radical (unpaired) electrons. The van der Waals surface area contributed by atoms with E-state index in [-0.39, 0.29) is 6.54 Å². The lowest BCUT2D eigenvalue weighted by atomic mass is 10.3. The van der Waals surface area contributed by atoms with Gasteiger partial charge in [0.2, 0.25) is 0 Å². The summed E-state index contributed by atoms with van der Waals surface area (Å²) in [7, 11) is 0. The standard InChI is InChI=1S/C11H23N3O2/c1-4-13(7-10(3)15)9-14(5-2)8-11(16)6-12/h4-5,10-11,15-16H,1-2,6-9,12H2,3H3. The van der Waals surface area contributed by atoms with Crippen LogP contribution in [0.4, 0.5) is 0 Å². The molecule has 0 aliphatic heterocycles. The Labute approximate surface area is 97.5 Å². The smallest absolute Gasteiger partial charge is 0.0894 e. The van der Waals surface area contributed by atoms with E-state index in [2.05, 4.69) is 13.2 Å². The average molecular weight is 229 g/mol. The van der Waals surface area contributed by atoms with E-state index in [0.717, 1.165) is 0 Å². The van der Waals surface area contributed by atoms with E-state index in [0.29, 0.717) is 19.8 Å². The van der Waals surface area contributed by atoms with Gasteiger partial charge in [0, 0.05) is 19.6 Å². The highest BCUT2D eigenvalue weighted by atomic mass is 16.3. The van der Waals surface area contributed by atoms with Crippen LogP contribution in [0.15, 0.2) is 25.6 Å². The topological polar surface area (TPSA) is 73.0 Å². The van der Waals surface area contributed by atoms with E-state index >= 15 is 0 Å². The van der Waals surface area contributed by atoms with Gasteiger partial charge in [-0.15, -0.1) is 0 Å². The first-order chi connectivity index (χ1) is 7.53. The highest BCUT2D eigenvalue weighted by Crippen LogP contribution is 1.99. The maximum atomic E-state index is 9.42. The van der Waals surface area contributed by atoms with Crippen molar-refractivity contribution in [2.45, 2.75) is 19.1 Å². The first-order valence-corrected chi connectivity index (χ1v) is 5.32. The van der Waals surface area contributed by atoms with E-state index in [9.17, 15) is 10.2 Å². The Bertz CT molecular complexity index is 209. The number of nitrogens with zero attached hydrogens (tertiary/aromatic N) is 2. The maximum Gasteiger partial charge on any atom is 0.0894 e. The van der Waals surface area contributed by atoms with Gasteiger partial charge in [0.15, 0.2) is 0 Å². The van der Waals surface area contributed by atoms with Crippen molar-refractivity contribution in [1.29, 1.82) is 0 Å². The van der Waals surface area contributed by atoms with E-state index < -0.39 is 12.2 Å². The van der Waals surface area contributed by atoms with Crippen molar-refractivity contribution in [1.82, 2.24) is 9.80 Å². The fourth-order valence-corrected chi connectivity index (χ4v) is 1.30. The Morgan fingerprint density at radius 3 is 2.06 bits per heavy atom. The number of aliphatic hydroxyl groups excluding tert-OH is 2. The minimum atomic E-state index is -0.573. The Hall–Kier alpha value is -1.04. The molecule has 0 aliphatic carbocycles. The van der Waals surface area contributed by atoms with Crippen molar-refractivity contribution in [2.24, 2.45) is 5.73 Å². The van der Waals surface area contributed by atoms with Crippen LogP contribution in [-0.4, -0.2) is 58.5 Å². The van der Waals surface area contributed by atoms with E-state index in [1.54, 1.807) is 19.3 Å². The molecular weight excluding hydrogens is 206 g/mol. The molecule has 0 heterocycles. The molecule has 5 heteroatoms. The third-order valence-electron chi connectivity index (χ3n) is 2.10. The van der Waals surface area contributed by atoms with Gasteiger partial charge in [-0.05, 0) is 19.3 Å². The summed E-state index contributed by atoms with van der Waals surface area (Å²) in [4.78, 5) is 3.66. The molecule has 94 valence electrons. The van der Waals surface area contributed by atoms with Crippen molar-refractivity contribution >= 4 is 0 Å². The average Bonchev–Trinajstić information content (AvgIpc) is 2.25.